The molecular weight excluding hydrogens is 402 g/mol. The lowest BCUT2D eigenvalue weighted by Crippen LogP contribution is -2.17. The van der Waals surface area contributed by atoms with Gasteiger partial charge in [-0.3, -0.25) is 0 Å². The van der Waals surface area contributed by atoms with E-state index in [1.165, 1.54) is 11.1 Å². The van der Waals surface area contributed by atoms with E-state index in [2.05, 4.69) is 67.7 Å². The first-order chi connectivity index (χ1) is 9.65. The van der Waals surface area contributed by atoms with Gasteiger partial charge in [0.1, 0.15) is 5.75 Å². The summed E-state index contributed by atoms with van der Waals surface area (Å²) in [5, 5.41) is 5.53. The molecule has 0 radical (unpaired) electrons. The molecular formula is C15H17Br2NOS. The van der Waals surface area contributed by atoms with Crippen LogP contribution in [0.5, 0.6) is 5.75 Å². The van der Waals surface area contributed by atoms with Gasteiger partial charge in [0, 0.05) is 0 Å². The van der Waals surface area contributed by atoms with E-state index in [9.17, 15) is 0 Å². The molecule has 0 saturated carbocycles. The van der Waals surface area contributed by atoms with Crippen molar-refractivity contribution in [1.29, 1.82) is 0 Å². The third-order valence-electron chi connectivity index (χ3n) is 2.96. The predicted octanol–water partition coefficient (Wildman–Crippen LogP) is 5.37. The summed E-state index contributed by atoms with van der Waals surface area (Å²) in [7, 11) is 1.98. The average molecular weight is 419 g/mol. The van der Waals surface area contributed by atoms with Crippen LogP contribution in [0.15, 0.2) is 37.9 Å². The normalized spacial score (nSPS) is 12.4. The minimum atomic E-state index is 0.189. The summed E-state index contributed by atoms with van der Waals surface area (Å²) in [6, 6.07) is 8.61. The van der Waals surface area contributed by atoms with Gasteiger partial charge in [-0.2, -0.15) is 0 Å². The Labute approximate surface area is 140 Å². The quantitative estimate of drug-likeness (QED) is 0.680. The number of hydrogen-bond acceptors (Lipinski definition) is 3. The molecule has 0 fully saturated rings. The highest BCUT2D eigenvalue weighted by Gasteiger charge is 2.15. The van der Waals surface area contributed by atoms with E-state index in [0.29, 0.717) is 0 Å². The molecule has 0 amide bonds. The molecule has 0 spiro atoms. The first-order valence-electron chi connectivity index (χ1n) is 6.49. The zero-order valence-electron chi connectivity index (χ0n) is 11.5. The van der Waals surface area contributed by atoms with Gasteiger partial charge in [0.05, 0.1) is 20.9 Å². The molecule has 1 heterocycles. The first kappa shape index (κ1) is 16.0. The molecule has 2 rings (SSSR count). The fourth-order valence-electron chi connectivity index (χ4n) is 2.03. The van der Waals surface area contributed by atoms with Crippen molar-refractivity contribution in [2.24, 2.45) is 0 Å². The van der Waals surface area contributed by atoms with E-state index in [1.807, 2.05) is 13.1 Å². The number of thiophene rings is 1. The third-order valence-corrected chi connectivity index (χ3v) is 5.10. The zero-order chi connectivity index (χ0) is 14.5. The molecule has 108 valence electrons. The summed E-state index contributed by atoms with van der Waals surface area (Å²) in [6.07, 6.45) is 1.01. The Morgan fingerprint density at radius 2 is 2.05 bits per heavy atom. The maximum absolute atomic E-state index is 5.69. The zero-order valence-corrected chi connectivity index (χ0v) is 15.4. The summed E-state index contributed by atoms with van der Waals surface area (Å²) < 4.78 is 7.84. The number of rotatable bonds is 6. The Morgan fingerprint density at radius 1 is 1.25 bits per heavy atom. The van der Waals surface area contributed by atoms with Crippen molar-refractivity contribution < 1.29 is 4.74 Å². The Kier molecular flexibility index (Phi) is 6.08. The van der Waals surface area contributed by atoms with Crippen molar-refractivity contribution >= 4 is 43.2 Å². The summed E-state index contributed by atoms with van der Waals surface area (Å²) in [4.78, 5) is 0. The molecule has 1 aromatic carbocycles. The number of hydrogen-bond donors (Lipinski definition) is 1. The van der Waals surface area contributed by atoms with Gasteiger partial charge < -0.3 is 10.1 Å². The highest BCUT2D eigenvalue weighted by atomic mass is 79.9. The summed E-state index contributed by atoms with van der Waals surface area (Å²) in [5.41, 5.74) is 2.48. The van der Waals surface area contributed by atoms with Crippen molar-refractivity contribution in [1.82, 2.24) is 5.32 Å². The van der Waals surface area contributed by atoms with Crippen molar-refractivity contribution in [2.75, 3.05) is 13.7 Å². The second-order valence-corrected chi connectivity index (χ2v) is 7.59. The Bertz CT molecular complexity index is 571. The fraction of sp³-hybridized carbons (Fsp3) is 0.333. The monoisotopic (exact) mass is 417 g/mol. The van der Waals surface area contributed by atoms with Crippen LogP contribution in [0.3, 0.4) is 0 Å². The highest BCUT2D eigenvalue weighted by molar-refractivity contribution is 9.11. The molecule has 1 atom stereocenters. The van der Waals surface area contributed by atoms with Crippen LogP contribution in [0.4, 0.5) is 0 Å². The SMILES string of the molecule is CCCOc1ccc(C(NC)c2csc(Br)c2)cc1Br. The lowest BCUT2D eigenvalue weighted by molar-refractivity contribution is 0.315. The van der Waals surface area contributed by atoms with Gasteiger partial charge in [0.2, 0.25) is 0 Å². The molecule has 0 bridgehead atoms. The maximum Gasteiger partial charge on any atom is 0.133 e. The highest BCUT2D eigenvalue weighted by Crippen LogP contribution is 2.33. The molecule has 5 heteroatoms. The van der Waals surface area contributed by atoms with E-state index in [-0.39, 0.29) is 6.04 Å². The summed E-state index contributed by atoms with van der Waals surface area (Å²) in [5.74, 6) is 0.900. The van der Waals surface area contributed by atoms with Crippen LogP contribution in [-0.4, -0.2) is 13.7 Å². The van der Waals surface area contributed by atoms with Crippen LogP contribution >= 0.6 is 43.2 Å². The summed E-state index contributed by atoms with van der Waals surface area (Å²) in [6.45, 7) is 2.85. The molecule has 0 saturated heterocycles. The lowest BCUT2D eigenvalue weighted by Gasteiger charge is -2.17. The number of ether oxygens (including phenoxy) is 1. The topological polar surface area (TPSA) is 21.3 Å². The van der Waals surface area contributed by atoms with Gasteiger partial charge in [-0.25, -0.2) is 0 Å². The Hall–Kier alpha value is -0.360. The second-order valence-electron chi connectivity index (χ2n) is 4.44. The van der Waals surface area contributed by atoms with Gasteiger partial charge in [0.15, 0.2) is 0 Å². The minimum Gasteiger partial charge on any atom is -0.492 e. The molecule has 0 aliphatic heterocycles. The third kappa shape index (κ3) is 3.85. The largest absolute Gasteiger partial charge is 0.492 e. The molecule has 1 unspecified atom stereocenters. The predicted molar refractivity (Wildman–Crippen MR) is 92.8 cm³/mol. The second kappa shape index (κ2) is 7.59. The molecule has 2 aromatic rings. The van der Waals surface area contributed by atoms with Gasteiger partial charge in [-0.05, 0) is 80.0 Å². The number of benzene rings is 1. The average Bonchev–Trinajstić information content (AvgIpc) is 2.85. The van der Waals surface area contributed by atoms with Gasteiger partial charge in [0.25, 0.3) is 0 Å². The Balaban J connectivity index is 2.24. The Morgan fingerprint density at radius 3 is 2.60 bits per heavy atom. The van der Waals surface area contributed by atoms with Crippen LogP contribution in [0, 0.1) is 0 Å². The lowest BCUT2D eigenvalue weighted by atomic mass is 10.0. The van der Waals surface area contributed by atoms with Gasteiger partial charge in [-0.1, -0.05) is 13.0 Å². The molecule has 2 nitrogen and oxygen atoms in total. The molecule has 0 aliphatic carbocycles. The number of halogens is 2. The van der Waals surface area contributed by atoms with E-state index in [0.717, 1.165) is 27.0 Å². The number of nitrogens with one attached hydrogen (secondary N) is 1. The maximum atomic E-state index is 5.69. The van der Waals surface area contributed by atoms with Crippen molar-refractivity contribution in [3.63, 3.8) is 0 Å². The summed E-state index contributed by atoms with van der Waals surface area (Å²) >= 11 is 8.81. The van der Waals surface area contributed by atoms with Crippen molar-refractivity contribution in [3.8, 4) is 5.75 Å². The molecule has 20 heavy (non-hydrogen) atoms. The van der Waals surface area contributed by atoms with Crippen LogP contribution in [-0.2, 0) is 0 Å². The molecule has 0 aliphatic rings. The first-order valence-corrected chi connectivity index (χ1v) is 8.95. The van der Waals surface area contributed by atoms with E-state index in [1.54, 1.807) is 11.3 Å². The van der Waals surface area contributed by atoms with E-state index >= 15 is 0 Å². The van der Waals surface area contributed by atoms with Gasteiger partial charge >= 0.3 is 0 Å². The van der Waals surface area contributed by atoms with Crippen LogP contribution in [0.25, 0.3) is 0 Å². The van der Waals surface area contributed by atoms with Crippen LogP contribution in [0.1, 0.15) is 30.5 Å². The van der Waals surface area contributed by atoms with Crippen LogP contribution < -0.4 is 10.1 Å². The fourth-order valence-corrected chi connectivity index (χ4v) is 3.74. The van der Waals surface area contributed by atoms with E-state index in [4.69, 9.17) is 4.74 Å². The van der Waals surface area contributed by atoms with E-state index < -0.39 is 0 Å². The standard InChI is InChI=1S/C15H17Br2NOS/c1-3-6-19-13-5-4-10(7-12(13)16)15(18-2)11-8-14(17)20-9-11/h4-5,7-9,15,18H,3,6H2,1-2H3. The van der Waals surface area contributed by atoms with Crippen molar-refractivity contribution in [2.45, 2.75) is 19.4 Å². The van der Waals surface area contributed by atoms with Gasteiger partial charge in [-0.15, -0.1) is 11.3 Å². The van der Waals surface area contributed by atoms with Crippen molar-refractivity contribution in [3.05, 3.63) is 49.0 Å². The molecule has 1 aromatic heterocycles. The van der Waals surface area contributed by atoms with Crippen LogP contribution in [0.2, 0.25) is 0 Å². The minimum absolute atomic E-state index is 0.189. The molecule has 1 N–H and O–H groups in total. The smallest absolute Gasteiger partial charge is 0.133 e.